The van der Waals surface area contributed by atoms with Crippen LogP contribution in [0.5, 0.6) is 5.75 Å². The molecule has 2 unspecified atom stereocenters. The van der Waals surface area contributed by atoms with Gasteiger partial charge in [-0.3, -0.25) is 0 Å². The summed E-state index contributed by atoms with van der Waals surface area (Å²) in [5.41, 5.74) is 3.74. The number of carbonyl (C=O) groups is 1. The number of fused-ring (bicyclic) bond motifs is 3. The highest BCUT2D eigenvalue weighted by Gasteiger charge is 2.40. The SMILES string of the molecule is COC(=O)c1ccc([C@H]2Nc3c(OC)ccc(Cl)c3C3C=CCC32)cc1. The van der Waals surface area contributed by atoms with Gasteiger partial charge in [-0.25, -0.2) is 4.79 Å². The third kappa shape index (κ3) is 2.65. The Bertz CT molecular complexity index is 876. The van der Waals surface area contributed by atoms with Gasteiger partial charge in [0.25, 0.3) is 0 Å². The molecule has 1 heterocycles. The number of hydrogen-bond donors (Lipinski definition) is 1. The minimum atomic E-state index is -0.327. The zero-order valence-corrected chi connectivity index (χ0v) is 15.4. The molecule has 2 aromatic rings. The summed E-state index contributed by atoms with van der Waals surface area (Å²) < 4.78 is 10.3. The Hall–Kier alpha value is -2.46. The molecule has 0 saturated carbocycles. The van der Waals surface area contributed by atoms with Crippen LogP contribution < -0.4 is 10.1 Å². The van der Waals surface area contributed by atoms with Crippen LogP contribution in [0.1, 0.15) is 39.9 Å². The van der Waals surface area contributed by atoms with Gasteiger partial charge in [-0.05, 0) is 42.2 Å². The van der Waals surface area contributed by atoms with E-state index in [1.807, 2.05) is 36.4 Å². The molecule has 3 atom stereocenters. The minimum absolute atomic E-state index is 0.113. The highest BCUT2D eigenvalue weighted by atomic mass is 35.5. The fourth-order valence-electron chi connectivity index (χ4n) is 4.08. The van der Waals surface area contributed by atoms with Gasteiger partial charge in [0, 0.05) is 16.5 Å². The summed E-state index contributed by atoms with van der Waals surface area (Å²) in [7, 11) is 3.06. The lowest BCUT2D eigenvalue weighted by atomic mass is 9.76. The predicted molar refractivity (Wildman–Crippen MR) is 102 cm³/mol. The molecule has 0 spiro atoms. The van der Waals surface area contributed by atoms with E-state index in [1.165, 1.54) is 7.11 Å². The molecule has 1 aliphatic carbocycles. The molecule has 0 bridgehead atoms. The van der Waals surface area contributed by atoms with Gasteiger partial charge >= 0.3 is 5.97 Å². The number of hydrogen-bond acceptors (Lipinski definition) is 4. The zero-order chi connectivity index (χ0) is 18.3. The van der Waals surface area contributed by atoms with Gasteiger partial charge in [0.1, 0.15) is 5.75 Å². The van der Waals surface area contributed by atoms with Crippen LogP contribution >= 0.6 is 11.6 Å². The molecule has 1 aliphatic heterocycles. The van der Waals surface area contributed by atoms with Crippen molar-refractivity contribution in [3.63, 3.8) is 0 Å². The molecule has 2 aliphatic rings. The van der Waals surface area contributed by atoms with Gasteiger partial charge in [-0.2, -0.15) is 0 Å². The second kappa shape index (κ2) is 6.69. The van der Waals surface area contributed by atoms with Crippen molar-refractivity contribution in [1.29, 1.82) is 0 Å². The van der Waals surface area contributed by atoms with Crippen molar-refractivity contribution < 1.29 is 14.3 Å². The van der Waals surface area contributed by atoms with E-state index in [-0.39, 0.29) is 17.9 Å². The molecular weight excluding hydrogens is 350 g/mol. The van der Waals surface area contributed by atoms with Crippen molar-refractivity contribution in [3.8, 4) is 5.75 Å². The number of esters is 1. The van der Waals surface area contributed by atoms with Crippen molar-refractivity contribution in [2.75, 3.05) is 19.5 Å². The number of carbonyl (C=O) groups excluding carboxylic acids is 1. The molecule has 134 valence electrons. The first-order chi connectivity index (χ1) is 12.6. The topological polar surface area (TPSA) is 47.6 Å². The smallest absolute Gasteiger partial charge is 0.337 e. The maximum atomic E-state index is 11.7. The standard InChI is InChI=1S/C21H20ClNO3/c1-25-17-11-10-16(22)18-14-4-3-5-15(14)19(23-20(17)18)12-6-8-13(9-7-12)21(24)26-2/h3-4,6-11,14-15,19,23H,5H2,1-2H3/t14?,15?,19-/m1/s1. The van der Waals surface area contributed by atoms with E-state index in [2.05, 4.69) is 17.5 Å². The van der Waals surface area contributed by atoms with Crippen molar-refractivity contribution in [2.45, 2.75) is 18.4 Å². The summed E-state index contributed by atoms with van der Waals surface area (Å²) >= 11 is 6.52. The van der Waals surface area contributed by atoms with E-state index < -0.39 is 0 Å². The number of anilines is 1. The lowest BCUT2D eigenvalue weighted by molar-refractivity contribution is 0.0600. The zero-order valence-electron chi connectivity index (χ0n) is 14.7. The maximum absolute atomic E-state index is 11.7. The monoisotopic (exact) mass is 369 g/mol. The Morgan fingerprint density at radius 3 is 2.62 bits per heavy atom. The van der Waals surface area contributed by atoms with Crippen LogP contribution in [0.4, 0.5) is 5.69 Å². The molecule has 4 rings (SSSR count). The summed E-state index contributed by atoms with van der Waals surface area (Å²) in [6, 6.07) is 11.5. The molecular formula is C21H20ClNO3. The molecule has 2 aromatic carbocycles. The quantitative estimate of drug-likeness (QED) is 0.613. The number of nitrogens with one attached hydrogen (secondary N) is 1. The van der Waals surface area contributed by atoms with Gasteiger partial charge in [0.05, 0.1) is 31.5 Å². The highest BCUT2D eigenvalue weighted by Crippen LogP contribution is 2.54. The van der Waals surface area contributed by atoms with E-state index in [0.29, 0.717) is 11.5 Å². The van der Waals surface area contributed by atoms with Crippen molar-refractivity contribution in [3.05, 3.63) is 70.3 Å². The second-order valence-electron chi connectivity index (χ2n) is 6.63. The Morgan fingerprint density at radius 1 is 1.15 bits per heavy atom. The lowest BCUT2D eigenvalue weighted by Crippen LogP contribution is -2.29. The van der Waals surface area contributed by atoms with Gasteiger partial charge < -0.3 is 14.8 Å². The molecule has 26 heavy (non-hydrogen) atoms. The molecule has 0 fully saturated rings. The van der Waals surface area contributed by atoms with Crippen LogP contribution in [0.2, 0.25) is 5.02 Å². The fraction of sp³-hybridized carbons (Fsp3) is 0.286. The lowest BCUT2D eigenvalue weighted by Gasteiger charge is -2.38. The van der Waals surface area contributed by atoms with Crippen LogP contribution in [-0.2, 0) is 4.74 Å². The van der Waals surface area contributed by atoms with E-state index >= 15 is 0 Å². The van der Waals surface area contributed by atoms with Gasteiger partial charge in [0.15, 0.2) is 0 Å². The number of rotatable bonds is 3. The van der Waals surface area contributed by atoms with Crippen molar-refractivity contribution in [1.82, 2.24) is 0 Å². The van der Waals surface area contributed by atoms with Crippen LogP contribution in [0, 0.1) is 5.92 Å². The highest BCUT2D eigenvalue weighted by molar-refractivity contribution is 6.32. The maximum Gasteiger partial charge on any atom is 0.337 e. The number of ether oxygens (including phenoxy) is 2. The molecule has 1 N–H and O–H groups in total. The second-order valence-corrected chi connectivity index (χ2v) is 7.03. The van der Waals surface area contributed by atoms with E-state index in [9.17, 15) is 4.79 Å². The number of allylic oxidation sites excluding steroid dienone is 2. The summed E-state index contributed by atoms with van der Waals surface area (Å²) in [5, 5.41) is 4.40. The largest absolute Gasteiger partial charge is 0.495 e. The van der Waals surface area contributed by atoms with Crippen LogP contribution in [0.15, 0.2) is 48.6 Å². The molecule has 4 nitrogen and oxygen atoms in total. The van der Waals surface area contributed by atoms with Crippen LogP contribution in [0.3, 0.4) is 0 Å². The Morgan fingerprint density at radius 2 is 1.92 bits per heavy atom. The fourth-order valence-corrected chi connectivity index (χ4v) is 4.37. The predicted octanol–water partition coefficient (Wildman–Crippen LogP) is 4.96. The van der Waals surface area contributed by atoms with Crippen molar-refractivity contribution >= 4 is 23.3 Å². The van der Waals surface area contributed by atoms with Gasteiger partial charge in [-0.1, -0.05) is 35.9 Å². The molecule has 5 heteroatoms. The Balaban J connectivity index is 1.75. The van der Waals surface area contributed by atoms with Crippen LogP contribution in [0.25, 0.3) is 0 Å². The van der Waals surface area contributed by atoms with Crippen LogP contribution in [-0.4, -0.2) is 20.2 Å². The van der Waals surface area contributed by atoms with Gasteiger partial charge in [0.2, 0.25) is 0 Å². The van der Waals surface area contributed by atoms with E-state index in [4.69, 9.17) is 21.1 Å². The average Bonchev–Trinajstić information content (AvgIpc) is 3.16. The first-order valence-corrected chi connectivity index (χ1v) is 8.99. The van der Waals surface area contributed by atoms with Crippen molar-refractivity contribution in [2.24, 2.45) is 5.92 Å². The number of benzene rings is 2. The molecule has 0 radical (unpaired) electrons. The first kappa shape index (κ1) is 17.0. The third-order valence-corrected chi connectivity index (χ3v) is 5.67. The first-order valence-electron chi connectivity index (χ1n) is 8.62. The third-order valence-electron chi connectivity index (χ3n) is 5.34. The van der Waals surface area contributed by atoms with E-state index in [1.54, 1.807) is 7.11 Å². The summed E-state index contributed by atoms with van der Waals surface area (Å²) in [6.45, 7) is 0. The molecule has 0 aromatic heterocycles. The molecule has 0 saturated heterocycles. The summed E-state index contributed by atoms with van der Waals surface area (Å²) in [6.07, 6.45) is 5.44. The molecule has 0 amide bonds. The summed E-state index contributed by atoms with van der Waals surface area (Å²) in [5.74, 6) is 1.09. The Labute approximate surface area is 157 Å². The Kier molecular flexibility index (Phi) is 4.37. The number of methoxy groups -OCH3 is 2. The summed E-state index contributed by atoms with van der Waals surface area (Å²) in [4.78, 5) is 11.7. The van der Waals surface area contributed by atoms with E-state index in [0.717, 1.165) is 34.0 Å². The minimum Gasteiger partial charge on any atom is -0.495 e. The number of halogens is 1. The van der Waals surface area contributed by atoms with Gasteiger partial charge in [-0.15, -0.1) is 0 Å². The normalized spacial score (nSPS) is 23.0. The average molecular weight is 370 g/mol.